The molecule has 5 atom stereocenters. The van der Waals surface area contributed by atoms with Gasteiger partial charge in [-0.05, 0) is 24.6 Å². The molecule has 5 N–H and O–H groups in total. The van der Waals surface area contributed by atoms with Crippen molar-refractivity contribution in [1.29, 1.82) is 0 Å². The summed E-state index contributed by atoms with van der Waals surface area (Å²) in [6.07, 6.45) is -2.67. The number of aryl methyl sites for hydroxylation is 1. The predicted octanol–water partition coefficient (Wildman–Crippen LogP) is 0.639. The van der Waals surface area contributed by atoms with Crippen LogP contribution in [-0.2, 0) is 13.8 Å². The van der Waals surface area contributed by atoms with E-state index < -0.39 is 44.6 Å². The lowest BCUT2D eigenvalue weighted by atomic mass is 10.1. The number of hydrogen-bond donors (Lipinski definition) is 4. The lowest BCUT2D eigenvalue weighted by Gasteiger charge is -2.18. The minimum Gasteiger partial charge on any atom is -0.423 e. The molecule has 5 rings (SSSR count). The van der Waals surface area contributed by atoms with Crippen LogP contribution in [0, 0.1) is 6.92 Å². The molecule has 184 valence electrons. The van der Waals surface area contributed by atoms with Gasteiger partial charge in [0, 0.05) is 17.5 Å². The van der Waals surface area contributed by atoms with Gasteiger partial charge in [-0.15, -0.1) is 0 Å². The van der Waals surface area contributed by atoms with E-state index in [0.29, 0.717) is 10.9 Å². The van der Waals surface area contributed by atoms with Crippen molar-refractivity contribution in [3.63, 3.8) is 0 Å². The number of aliphatic hydroxyl groups excluding tert-OH is 2. The number of fused-ring (bicyclic) bond motifs is 2. The van der Waals surface area contributed by atoms with Gasteiger partial charge in [0.05, 0.1) is 12.9 Å². The summed E-state index contributed by atoms with van der Waals surface area (Å²) < 4.78 is 34.7. The predicted molar refractivity (Wildman–Crippen MR) is 119 cm³/mol. The van der Waals surface area contributed by atoms with Crippen LogP contribution in [-0.4, -0.2) is 59.5 Å². The average molecular weight is 505 g/mol. The molecule has 1 aromatic carbocycles. The van der Waals surface area contributed by atoms with Crippen LogP contribution >= 0.6 is 7.82 Å². The van der Waals surface area contributed by atoms with E-state index >= 15 is 0 Å². The highest BCUT2D eigenvalue weighted by Gasteiger charge is 2.45. The molecule has 35 heavy (non-hydrogen) atoms. The number of anilines is 1. The van der Waals surface area contributed by atoms with E-state index in [9.17, 15) is 24.5 Å². The van der Waals surface area contributed by atoms with E-state index in [2.05, 4.69) is 15.0 Å². The number of aliphatic hydroxyl groups is 2. The zero-order valence-corrected chi connectivity index (χ0v) is 19.0. The molecule has 4 heterocycles. The minimum absolute atomic E-state index is 0.0787. The van der Waals surface area contributed by atoms with Gasteiger partial charge in [0.2, 0.25) is 0 Å². The number of imidazole rings is 1. The number of nitrogens with two attached hydrogens (primary N) is 1. The van der Waals surface area contributed by atoms with Crippen molar-refractivity contribution in [3.8, 4) is 5.75 Å². The maximum Gasteiger partial charge on any atom is 0.527 e. The molecule has 1 fully saturated rings. The molecule has 14 nitrogen and oxygen atoms in total. The zero-order chi connectivity index (χ0) is 24.9. The van der Waals surface area contributed by atoms with Crippen molar-refractivity contribution < 1.29 is 37.9 Å². The summed E-state index contributed by atoms with van der Waals surface area (Å²) in [4.78, 5) is 33.7. The Balaban J connectivity index is 1.29. The van der Waals surface area contributed by atoms with E-state index in [4.69, 9.17) is 23.9 Å². The molecular weight excluding hydrogens is 485 g/mol. The van der Waals surface area contributed by atoms with E-state index in [1.54, 1.807) is 13.0 Å². The molecule has 15 heteroatoms. The van der Waals surface area contributed by atoms with Crippen LogP contribution in [0.25, 0.3) is 22.1 Å². The van der Waals surface area contributed by atoms with Crippen LogP contribution in [0.3, 0.4) is 0 Å². The Bertz CT molecular complexity index is 1520. The number of aromatic nitrogens is 4. The highest BCUT2D eigenvalue weighted by molar-refractivity contribution is 7.47. The van der Waals surface area contributed by atoms with Crippen LogP contribution in [0.1, 0.15) is 11.8 Å². The van der Waals surface area contributed by atoms with Crippen molar-refractivity contribution in [2.24, 2.45) is 0 Å². The van der Waals surface area contributed by atoms with Gasteiger partial charge in [-0.25, -0.2) is 24.3 Å². The molecular formula is C20H20N5O9P. The fraction of sp³-hybridized carbons (Fsp3) is 0.300. The molecule has 0 spiro atoms. The molecule has 0 saturated carbocycles. The maximum atomic E-state index is 12.5. The Morgan fingerprint density at radius 2 is 2.00 bits per heavy atom. The topological polar surface area (TPSA) is 205 Å². The quantitative estimate of drug-likeness (QED) is 0.210. The molecule has 0 bridgehead atoms. The third kappa shape index (κ3) is 4.38. The molecule has 1 unspecified atom stereocenters. The number of ether oxygens (including phenoxy) is 1. The number of hydrogen-bond acceptors (Lipinski definition) is 12. The molecule has 1 aliphatic rings. The van der Waals surface area contributed by atoms with Crippen molar-refractivity contribution in [2.75, 3.05) is 12.3 Å². The fourth-order valence-corrected chi connectivity index (χ4v) is 4.61. The Labute approximate surface area is 196 Å². The summed E-state index contributed by atoms with van der Waals surface area (Å²) in [7, 11) is -4.69. The second-order valence-corrected chi connectivity index (χ2v) is 9.27. The van der Waals surface area contributed by atoms with Crippen molar-refractivity contribution >= 4 is 35.8 Å². The normalized spacial score (nSPS) is 24.1. The van der Waals surface area contributed by atoms with Gasteiger partial charge in [-0.2, -0.15) is 0 Å². The summed E-state index contributed by atoms with van der Waals surface area (Å²) >= 11 is 0. The van der Waals surface area contributed by atoms with Gasteiger partial charge >= 0.3 is 13.4 Å². The largest absolute Gasteiger partial charge is 0.527 e. The molecule has 1 saturated heterocycles. The molecule has 4 aromatic rings. The van der Waals surface area contributed by atoms with Gasteiger partial charge in [0.1, 0.15) is 41.5 Å². The van der Waals surface area contributed by atoms with Gasteiger partial charge in [-0.1, -0.05) is 0 Å². The summed E-state index contributed by atoms with van der Waals surface area (Å²) in [5.74, 6) is 0.0493. The minimum atomic E-state index is -4.69. The Hall–Kier alpha value is -3.39. The zero-order valence-electron chi connectivity index (χ0n) is 18.1. The smallest absolute Gasteiger partial charge is 0.423 e. The number of phosphoric ester groups is 1. The standard InChI is InChI=1S/C20H20N5O9P/c1-9-4-14(26)32-12-5-10(2-3-11(9)12)34-35(29,30)31-6-13-16(27)17(28)20(33-13)25-8-24-15-18(21)22-7-23-19(15)25/h2-5,7-8,13,16-17,20,27-28H,6H2,1H3,(H,29,30)(H2,21,22,23)/t13-,16-,17-,20-/m1/s1. The number of phosphoric acid groups is 1. The lowest BCUT2D eigenvalue weighted by Crippen LogP contribution is -2.33. The van der Waals surface area contributed by atoms with E-state index in [0.717, 1.165) is 0 Å². The average Bonchev–Trinajstić information content (AvgIpc) is 3.34. The van der Waals surface area contributed by atoms with Gasteiger partial charge in [0.15, 0.2) is 17.7 Å². The summed E-state index contributed by atoms with van der Waals surface area (Å²) in [5, 5.41) is 21.5. The second kappa shape index (κ2) is 8.68. The Morgan fingerprint density at radius 1 is 1.20 bits per heavy atom. The SMILES string of the molecule is Cc1cc(=O)oc2cc(OP(=O)(O)OC[C@H]3O[C@@H](n4cnc5c(N)ncnc54)[C@H](O)[C@@H]3O)ccc12. The van der Waals surface area contributed by atoms with Crippen LogP contribution in [0.5, 0.6) is 5.75 Å². The van der Waals surface area contributed by atoms with Crippen molar-refractivity contribution in [1.82, 2.24) is 19.5 Å². The molecule has 0 amide bonds. The molecule has 0 aliphatic carbocycles. The highest BCUT2D eigenvalue weighted by atomic mass is 31.2. The van der Waals surface area contributed by atoms with Gasteiger partial charge in [0.25, 0.3) is 0 Å². The van der Waals surface area contributed by atoms with Crippen LogP contribution < -0.4 is 15.9 Å². The van der Waals surface area contributed by atoms with E-state index in [1.807, 2.05) is 0 Å². The number of benzene rings is 1. The first kappa shape index (κ1) is 23.4. The third-order valence-corrected chi connectivity index (χ3v) is 6.46. The monoisotopic (exact) mass is 505 g/mol. The van der Waals surface area contributed by atoms with E-state index in [-0.39, 0.29) is 28.3 Å². The van der Waals surface area contributed by atoms with Gasteiger partial charge in [-0.3, -0.25) is 14.0 Å². The lowest BCUT2D eigenvalue weighted by molar-refractivity contribution is -0.0501. The molecule has 0 radical (unpaired) electrons. The Kier molecular flexibility index (Phi) is 5.79. The van der Waals surface area contributed by atoms with Crippen LogP contribution in [0.4, 0.5) is 5.82 Å². The number of rotatable bonds is 6. The molecule has 1 aliphatic heterocycles. The van der Waals surface area contributed by atoms with Crippen LogP contribution in [0.2, 0.25) is 0 Å². The Morgan fingerprint density at radius 3 is 2.80 bits per heavy atom. The highest BCUT2D eigenvalue weighted by Crippen LogP contribution is 2.45. The third-order valence-electron chi connectivity index (χ3n) is 5.54. The second-order valence-electron chi connectivity index (χ2n) is 7.89. The number of nitrogens with zero attached hydrogens (tertiary/aromatic N) is 4. The summed E-state index contributed by atoms with van der Waals surface area (Å²) in [6, 6.07) is 5.60. The van der Waals surface area contributed by atoms with Gasteiger partial charge < -0.3 is 29.6 Å². The summed E-state index contributed by atoms with van der Waals surface area (Å²) in [6.45, 7) is 1.14. The van der Waals surface area contributed by atoms with E-state index in [1.165, 1.54) is 35.4 Å². The fourth-order valence-electron chi connectivity index (χ4n) is 3.84. The first-order chi connectivity index (χ1) is 16.6. The molecule has 3 aromatic heterocycles. The maximum absolute atomic E-state index is 12.5. The first-order valence-corrected chi connectivity index (χ1v) is 11.8. The van der Waals surface area contributed by atoms with Crippen LogP contribution in [0.15, 0.2) is 46.1 Å². The summed E-state index contributed by atoms with van der Waals surface area (Å²) in [5.41, 5.74) is 6.59. The van der Waals surface area contributed by atoms with Crippen molar-refractivity contribution in [3.05, 3.63) is 52.9 Å². The van der Waals surface area contributed by atoms with Crippen molar-refractivity contribution in [2.45, 2.75) is 31.5 Å². The first-order valence-electron chi connectivity index (χ1n) is 10.3. The number of nitrogen functional groups attached to an aromatic ring is 1.